The van der Waals surface area contributed by atoms with E-state index in [1.54, 1.807) is 0 Å². The number of aromatic nitrogens is 3. The van der Waals surface area contributed by atoms with Crippen LogP contribution in [0.15, 0.2) is 15.1 Å². The van der Waals surface area contributed by atoms with E-state index in [1.165, 1.54) is 12.8 Å². The lowest BCUT2D eigenvalue weighted by atomic mass is 9.97. The second-order valence-electron chi connectivity index (χ2n) is 6.41. The van der Waals surface area contributed by atoms with Crippen LogP contribution in [0.1, 0.15) is 67.8 Å². The van der Waals surface area contributed by atoms with Gasteiger partial charge in [0.25, 0.3) is 0 Å². The highest BCUT2D eigenvalue weighted by molar-refractivity contribution is 5.05. The van der Waals surface area contributed by atoms with Crippen LogP contribution in [-0.4, -0.2) is 33.1 Å². The van der Waals surface area contributed by atoms with Gasteiger partial charge in [0, 0.05) is 24.8 Å². The number of piperidine rings is 1. The number of aryl methyl sites for hydroxylation is 1. The number of likely N-dealkylation sites (tertiary alicyclic amines) is 1. The van der Waals surface area contributed by atoms with Crippen molar-refractivity contribution in [1.82, 2.24) is 20.0 Å². The molecule has 1 atom stereocenters. The van der Waals surface area contributed by atoms with Crippen LogP contribution in [0.4, 0.5) is 0 Å². The predicted molar refractivity (Wildman–Crippen MR) is 79.4 cm³/mol. The van der Waals surface area contributed by atoms with Crippen LogP contribution in [0.3, 0.4) is 0 Å². The zero-order valence-corrected chi connectivity index (χ0v) is 13.0. The van der Waals surface area contributed by atoms with E-state index in [9.17, 15) is 0 Å². The highest BCUT2D eigenvalue weighted by Crippen LogP contribution is 2.39. The van der Waals surface area contributed by atoms with Crippen LogP contribution >= 0.6 is 0 Å². The lowest BCUT2D eigenvalue weighted by Gasteiger charge is -2.30. The molecule has 3 heterocycles. The average molecular weight is 302 g/mol. The van der Waals surface area contributed by atoms with Gasteiger partial charge in [-0.05, 0) is 32.2 Å². The van der Waals surface area contributed by atoms with Crippen molar-refractivity contribution in [3.8, 4) is 0 Å². The van der Waals surface area contributed by atoms with Gasteiger partial charge in [0.15, 0.2) is 5.82 Å². The molecule has 6 heteroatoms. The number of oxazole rings is 1. The van der Waals surface area contributed by atoms with Crippen LogP contribution < -0.4 is 0 Å². The Morgan fingerprint density at radius 2 is 2.18 bits per heavy atom. The van der Waals surface area contributed by atoms with Gasteiger partial charge in [-0.1, -0.05) is 12.1 Å². The van der Waals surface area contributed by atoms with E-state index < -0.39 is 0 Å². The van der Waals surface area contributed by atoms with Crippen LogP contribution in [0, 0.1) is 0 Å². The second kappa shape index (κ2) is 5.83. The molecule has 0 amide bonds. The molecule has 0 aromatic carbocycles. The Labute approximate surface area is 129 Å². The maximum absolute atomic E-state index is 5.72. The smallest absolute Gasteiger partial charge is 0.229 e. The summed E-state index contributed by atoms with van der Waals surface area (Å²) in [4.78, 5) is 11.3. The predicted octanol–water partition coefficient (Wildman–Crippen LogP) is 2.88. The molecule has 2 aromatic heterocycles. The Kier molecular flexibility index (Phi) is 3.70. The summed E-state index contributed by atoms with van der Waals surface area (Å²) >= 11 is 0. The summed E-state index contributed by atoms with van der Waals surface area (Å²) in [6.45, 7) is 4.87. The van der Waals surface area contributed by atoms with Crippen molar-refractivity contribution in [3.63, 3.8) is 0 Å². The molecule has 1 aliphatic heterocycles. The molecule has 0 spiro atoms. The molecule has 4 rings (SSSR count). The Hall–Kier alpha value is -1.69. The first-order chi connectivity index (χ1) is 10.8. The van der Waals surface area contributed by atoms with E-state index in [0.717, 1.165) is 62.3 Å². The van der Waals surface area contributed by atoms with E-state index in [2.05, 4.69) is 26.9 Å². The molecule has 118 valence electrons. The molecule has 0 radical (unpaired) electrons. The third kappa shape index (κ3) is 2.92. The molecule has 6 nitrogen and oxygen atoms in total. The lowest BCUT2D eigenvalue weighted by Crippen LogP contribution is -2.34. The van der Waals surface area contributed by atoms with Gasteiger partial charge in [-0.3, -0.25) is 4.90 Å². The van der Waals surface area contributed by atoms with Crippen molar-refractivity contribution in [1.29, 1.82) is 0 Å². The minimum atomic E-state index is 0.366. The summed E-state index contributed by atoms with van der Waals surface area (Å²) in [6, 6.07) is 0. The first-order valence-corrected chi connectivity index (χ1v) is 8.31. The van der Waals surface area contributed by atoms with Crippen molar-refractivity contribution in [2.75, 3.05) is 13.1 Å². The molecular formula is C16H22N4O2. The first-order valence-electron chi connectivity index (χ1n) is 8.31. The van der Waals surface area contributed by atoms with Crippen molar-refractivity contribution >= 4 is 0 Å². The van der Waals surface area contributed by atoms with Crippen molar-refractivity contribution in [2.24, 2.45) is 0 Å². The zero-order valence-electron chi connectivity index (χ0n) is 13.0. The van der Waals surface area contributed by atoms with Crippen LogP contribution in [-0.2, 0) is 13.0 Å². The van der Waals surface area contributed by atoms with Crippen LogP contribution in [0.2, 0.25) is 0 Å². The number of rotatable bonds is 5. The minimum absolute atomic E-state index is 0.366. The largest absolute Gasteiger partial charge is 0.444 e. The summed E-state index contributed by atoms with van der Waals surface area (Å²) < 4.78 is 11.1. The molecule has 2 aliphatic rings. The standard InChI is InChI=1S/C16H22N4O2/c1-2-13-8-17-14(21-13)10-20-7-3-4-12(9-20)15-18-16(22-19-15)11-5-6-11/h8,11-12H,2-7,9-10H2,1H3. The van der Waals surface area contributed by atoms with Gasteiger partial charge in [0.2, 0.25) is 11.8 Å². The van der Waals surface area contributed by atoms with E-state index in [0.29, 0.717) is 11.8 Å². The molecule has 0 N–H and O–H groups in total. The van der Waals surface area contributed by atoms with Gasteiger partial charge >= 0.3 is 0 Å². The van der Waals surface area contributed by atoms with Crippen LogP contribution in [0.5, 0.6) is 0 Å². The maximum atomic E-state index is 5.72. The van der Waals surface area contributed by atoms with Gasteiger partial charge in [-0.25, -0.2) is 4.98 Å². The Morgan fingerprint density at radius 1 is 1.27 bits per heavy atom. The Bertz CT molecular complexity index is 632. The van der Waals surface area contributed by atoms with Crippen molar-refractivity contribution in [2.45, 2.75) is 57.4 Å². The Morgan fingerprint density at radius 3 is 2.95 bits per heavy atom. The average Bonchev–Trinajstić information content (AvgIpc) is 3.10. The highest BCUT2D eigenvalue weighted by atomic mass is 16.5. The molecule has 1 aliphatic carbocycles. The third-order valence-corrected chi connectivity index (χ3v) is 4.56. The van der Waals surface area contributed by atoms with Gasteiger partial charge < -0.3 is 8.94 Å². The fraction of sp³-hybridized carbons (Fsp3) is 0.688. The van der Waals surface area contributed by atoms with Gasteiger partial charge in [0.1, 0.15) is 5.76 Å². The van der Waals surface area contributed by atoms with E-state index in [4.69, 9.17) is 8.94 Å². The fourth-order valence-electron chi connectivity index (χ4n) is 3.09. The summed E-state index contributed by atoms with van der Waals surface area (Å²) in [5.41, 5.74) is 0. The van der Waals surface area contributed by atoms with Crippen molar-refractivity contribution in [3.05, 3.63) is 29.6 Å². The SMILES string of the molecule is CCc1cnc(CN2CCCC(c3noc(C4CC4)n3)C2)o1. The quantitative estimate of drug-likeness (QED) is 0.846. The third-order valence-electron chi connectivity index (χ3n) is 4.56. The molecule has 2 aromatic rings. The van der Waals surface area contributed by atoms with E-state index in [-0.39, 0.29) is 0 Å². The monoisotopic (exact) mass is 302 g/mol. The summed E-state index contributed by atoms with van der Waals surface area (Å²) in [6.07, 6.45) is 7.40. The normalized spacial score (nSPS) is 23.0. The van der Waals surface area contributed by atoms with Gasteiger partial charge in [-0.2, -0.15) is 4.98 Å². The Balaban J connectivity index is 1.40. The maximum Gasteiger partial charge on any atom is 0.229 e. The topological polar surface area (TPSA) is 68.2 Å². The molecular weight excluding hydrogens is 280 g/mol. The zero-order chi connectivity index (χ0) is 14.9. The number of hydrogen-bond acceptors (Lipinski definition) is 6. The highest BCUT2D eigenvalue weighted by Gasteiger charge is 2.32. The number of nitrogens with zero attached hydrogens (tertiary/aromatic N) is 4. The van der Waals surface area contributed by atoms with E-state index in [1.807, 2.05) is 6.20 Å². The van der Waals surface area contributed by atoms with Crippen LogP contribution in [0.25, 0.3) is 0 Å². The minimum Gasteiger partial charge on any atom is -0.444 e. The van der Waals surface area contributed by atoms with Crippen molar-refractivity contribution < 1.29 is 8.94 Å². The molecule has 22 heavy (non-hydrogen) atoms. The molecule has 1 saturated heterocycles. The van der Waals surface area contributed by atoms with Gasteiger partial charge in [-0.15, -0.1) is 0 Å². The first kappa shape index (κ1) is 13.9. The summed E-state index contributed by atoms with van der Waals surface area (Å²) in [7, 11) is 0. The summed E-state index contributed by atoms with van der Waals surface area (Å²) in [5.74, 6) is 4.38. The molecule has 2 fully saturated rings. The van der Waals surface area contributed by atoms with Gasteiger partial charge in [0.05, 0.1) is 12.7 Å². The molecule has 0 bridgehead atoms. The lowest BCUT2D eigenvalue weighted by molar-refractivity contribution is 0.178. The second-order valence-corrected chi connectivity index (χ2v) is 6.41. The molecule has 1 unspecified atom stereocenters. The number of hydrogen-bond donors (Lipinski definition) is 0. The summed E-state index contributed by atoms with van der Waals surface area (Å²) in [5, 5.41) is 4.21. The molecule has 1 saturated carbocycles. The fourth-order valence-corrected chi connectivity index (χ4v) is 3.09. The van der Waals surface area contributed by atoms with E-state index >= 15 is 0 Å².